The molecular weight excluding hydrogens is 288 g/mol. The Balaban J connectivity index is 0.00000220. The van der Waals surface area contributed by atoms with Gasteiger partial charge in [0.2, 0.25) is 5.91 Å². The average molecular weight is 313 g/mol. The molecule has 1 aromatic rings. The van der Waals surface area contributed by atoms with Gasteiger partial charge in [-0.3, -0.25) is 4.79 Å². The second-order valence-electron chi connectivity index (χ2n) is 5.56. The number of amides is 1. The number of halogens is 1. The van der Waals surface area contributed by atoms with E-state index < -0.39 is 0 Å². The minimum Gasteiger partial charge on any atom is -0.489 e. The van der Waals surface area contributed by atoms with E-state index in [1.165, 1.54) is 0 Å². The fourth-order valence-corrected chi connectivity index (χ4v) is 2.53. The van der Waals surface area contributed by atoms with Gasteiger partial charge in [0.25, 0.3) is 0 Å². The minimum atomic E-state index is -0.0273. The summed E-state index contributed by atoms with van der Waals surface area (Å²) < 4.78 is 5.75. The van der Waals surface area contributed by atoms with E-state index in [0.717, 1.165) is 25.1 Å². The molecule has 21 heavy (non-hydrogen) atoms. The Bertz CT molecular complexity index is 428. The van der Waals surface area contributed by atoms with Gasteiger partial charge >= 0.3 is 0 Å². The van der Waals surface area contributed by atoms with Gasteiger partial charge in [-0.2, -0.15) is 0 Å². The summed E-state index contributed by atoms with van der Waals surface area (Å²) >= 11 is 0. The van der Waals surface area contributed by atoms with Crippen molar-refractivity contribution in [2.45, 2.75) is 38.8 Å². The van der Waals surface area contributed by atoms with Crippen LogP contribution in [0.2, 0.25) is 0 Å². The standard InChI is InChI=1S/C16H24N2O2.ClH/c1-12-10-14(8-9-17-12)16(19)18-11-13(2)20-15-6-4-3-5-7-15;/h3-7,12-14,17H,8-11H2,1-2H3,(H,18,19);1H/t12-,13?,14-;/m0./s1. The zero-order valence-corrected chi connectivity index (χ0v) is 13.5. The maximum atomic E-state index is 12.1. The SMILES string of the molecule is CC(CNC(=O)[C@H]1CCN[C@@H](C)C1)Oc1ccccc1.Cl. The van der Waals surface area contributed by atoms with Crippen LogP contribution in [0.1, 0.15) is 26.7 Å². The summed E-state index contributed by atoms with van der Waals surface area (Å²) in [7, 11) is 0. The van der Waals surface area contributed by atoms with Crippen LogP contribution in [0, 0.1) is 5.92 Å². The predicted molar refractivity (Wildman–Crippen MR) is 87.0 cm³/mol. The fourth-order valence-electron chi connectivity index (χ4n) is 2.53. The number of carbonyl (C=O) groups is 1. The van der Waals surface area contributed by atoms with Crippen LogP contribution in [0.15, 0.2) is 30.3 Å². The molecule has 0 bridgehead atoms. The smallest absolute Gasteiger partial charge is 0.223 e. The second kappa shape index (κ2) is 8.90. The lowest BCUT2D eigenvalue weighted by Crippen LogP contribution is -2.44. The summed E-state index contributed by atoms with van der Waals surface area (Å²) in [6.07, 6.45) is 1.81. The van der Waals surface area contributed by atoms with Crippen LogP contribution in [0.5, 0.6) is 5.75 Å². The maximum absolute atomic E-state index is 12.1. The first-order valence-electron chi connectivity index (χ1n) is 7.38. The van der Waals surface area contributed by atoms with Crippen molar-refractivity contribution in [3.63, 3.8) is 0 Å². The molecule has 1 aliphatic rings. The van der Waals surface area contributed by atoms with Crippen molar-refractivity contribution < 1.29 is 9.53 Å². The molecule has 5 heteroatoms. The molecule has 1 amide bonds. The molecule has 0 aromatic heterocycles. The normalized spacial score (nSPS) is 22.8. The number of carbonyl (C=O) groups excluding carboxylic acids is 1. The Labute approximate surface area is 133 Å². The van der Waals surface area contributed by atoms with Crippen LogP contribution in [-0.4, -0.2) is 31.1 Å². The molecule has 0 radical (unpaired) electrons. The highest BCUT2D eigenvalue weighted by Crippen LogP contribution is 2.16. The predicted octanol–water partition coefficient (Wildman–Crippen LogP) is 2.38. The number of nitrogens with one attached hydrogen (secondary N) is 2. The zero-order valence-electron chi connectivity index (χ0n) is 12.7. The Hall–Kier alpha value is -1.26. The van der Waals surface area contributed by atoms with Crippen LogP contribution in [0.3, 0.4) is 0 Å². The molecule has 0 saturated carbocycles. The summed E-state index contributed by atoms with van der Waals surface area (Å²) in [5.41, 5.74) is 0. The molecule has 2 N–H and O–H groups in total. The van der Waals surface area contributed by atoms with E-state index in [9.17, 15) is 4.79 Å². The van der Waals surface area contributed by atoms with Gasteiger partial charge in [0.15, 0.2) is 0 Å². The summed E-state index contributed by atoms with van der Waals surface area (Å²) in [5, 5.41) is 6.36. The van der Waals surface area contributed by atoms with E-state index in [-0.39, 0.29) is 30.3 Å². The van der Waals surface area contributed by atoms with E-state index in [1.807, 2.05) is 37.3 Å². The van der Waals surface area contributed by atoms with E-state index in [1.54, 1.807) is 0 Å². The Morgan fingerprint density at radius 3 is 2.81 bits per heavy atom. The Kier molecular flexibility index (Phi) is 7.54. The highest BCUT2D eigenvalue weighted by atomic mass is 35.5. The molecule has 1 aromatic carbocycles. The van der Waals surface area contributed by atoms with Crippen LogP contribution >= 0.6 is 12.4 Å². The fraction of sp³-hybridized carbons (Fsp3) is 0.562. The highest BCUT2D eigenvalue weighted by molar-refractivity contribution is 5.85. The number of benzene rings is 1. The quantitative estimate of drug-likeness (QED) is 0.877. The summed E-state index contributed by atoms with van der Waals surface area (Å²) in [5.74, 6) is 1.13. The molecule has 3 atom stereocenters. The van der Waals surface area contributed by atoms with Crippen molar-refractivity contribution in [1.29, 1.82) is 0 Å². The van der Waals surface area contributed by atoms with Crippen LogP contribution in [0.4, 0.5) is 0 Å². The van der Waals surface area contributed by atoms with Gasteiger partial charge in [-0.25, -0.2) is 0 Å². The van der Waals surface area contributed by atoms with Crippen molar-refractivity contribution in [3.05, 3.63) is 30.3 Å². The van der Waals surface area contributed by atoms with Gasteiger partial charge in [0.1, 0.15) is 11.9 Å². The first-order valence-corrected chi connectivity index (χ1v) is 7.38. The number of hydrogen-bond acceptors (Lipinski definition) is 3. The average Bonchev–Trinajstić information content (AvgIpc) is 2.46. The molecule has 1 saturated heterocycles. The first-order chi connectivity index (χ1) is 9.65. The van der Waals surface area contributed by atoms with Crippen molar-refractivity contribution in [3.8, 4) is 5.75 Å². The summed E-state index contributed by atoms with van der Waals surface area (Å²) in [4.78, 5) is 12.1. The number of hydrogen-bond donors (Lipinski definition) is 2. The number of rotatable bonds is 5. The van der Waals surface area contributed by atoms with Crippen molar-refractivity contribution in [2.24, 2.45) is 5.92 Å². The highest BCUT2D eigenvalue weighted by Gasteiger charge is 2.24. The lowest BCUT2D eigenvalue weighted by Gasteiger charge is -2.27. The number of piperidine rings is 1. The van der Waals surface area contributed by atoms with Crippen LogP contribution < -0.4 is 15.4 Å². The molecule has 0 spiro atoms. The van der Waals surface area contributed by atoms with Crippen LogP contribution in [0.25, 0.3) is 0 Å². The number of ether oxygens (including phenoxy) is 1. The van der Waals surface area contributed by atoms with Gasteiger partial charge in [-0.1, -0.05) is 18.2 Å². The zero-order chi connectivity index (χ0) is 14.4. The topological polar surface area (TPSA) is 50.4 Å². The number of para-hydroxylation sites is 1. The lowest BCUT2D eigenvalue weighted by molar-refractivity contribution is -0.126. The molecule has 1 aliphatic heterocycles. The minimum absolute atomic E-state index is 0. The molecule has 0 aliphatic carbocycles. The molecule has 4 nitrogen and oxygen atoms in total. The Morgan fingerprint density at radius 1 is 1.43 bits per heavy atom. The summed E-state index contributed by atoms with van der Waals surface area (Å²) in [6.45, 7) is 5.57. The Morgan fingerprint density at radius 2 is 2.14 bits per heavy atom. The van der Waals surface area contributed by atoms with Crippen LogP contribution in [-0.2, 0) is 4.79 Å². The molecule has 118 valence electrons. The third-order valence-corrected chi connectivity index (χ3v) is 3.64. The van der Waals surface area contributed by atoms with Crippen molar-refractivity contribution >= 4 is 18.3 Å². The van der Waals surface area contributed by atoms with Crippen molar-refractivity contribution in [2.75, 3.05) is 13.1 Å². The molecule has 1 unspecified atom stereocenters. The van der Waals surface area contributed by atoms with E-state index in [2.05, 4.69) is 17.6 Å². The lowest BCUT2D eigenvalue weighted by atomic mass is 9.92. The van der Waals surface area contributed by atoms with Gasteiger partial charge in [-0.15, -0.1) is 12.4 Å². The third-order valence-electron chi connectivity index (χ3n) is 3.64. The van der Waals surface area contributed by atoms with Gasteiger partial charge in [0, 0.05) is 12.0 Å². The van der Waals surface area contributed by atoms with Gasteiger partial charge < -0.3 is 15.4 Å². The molecule has 2 rings (SSSR count). The monoisotopic (exact) mass is 312 g/mol. The first kappa shape index (κ1) is 17.8. The van der Waals surface area contributed by atoms with E-state index >= 15 is 0 Å². The third kappa shape index (κ3) is 5.94. The van der Waals surface area contributed by atoms with E-state index in [4.69, 9.17) is 4.74 Å². The van der Waals surface area contributed by atoms with Gasteiger partial charge in [-0.05, 0) is 45.4 Å². The molecular formula is C16H25ClN2O2. The molecule has 1 fully saturated rings. The van der Waals surface area contributed by atoms with Gasteiger partial charge in [0.05, 0.1) is 6.54 Å². The summed E-state index contributed by atoms with van der Waals surface area (Å²) in [6, 6.07) is 10.1. The second-order valence-corrected chi connectivity index (χ2v) is 5.56. The largest absolute Gasteiger partial charge is 0.489 e. The van der Waals surface area contributed by atoms with E-state index in [0.29, 0.717) is 12.6 Å². The van der Waals surface area contributed by atoms with Crippen molar-refractivity contribution in [1.82, 2.24) is 10.6 Å². The maximum Gasteiger partial charge on any atom is 0.223 e. The molecule has 1 heterocycles.